The van der Waals surface area contributed by atoms with Gasteiger partial charge in [0.1, 0.15) is 17.5 Å². The van der Waals surface area contributed by atoms with Crippen LogP contribution in [0.5, 0.6) is 0 Å². The van der Waals surface area contributed by atoms with Gasteiger partial charge >= 0.3 is 5.97 Å². The molecule has 8 heteroatoms. The third-order valence-corrected chi connectivity index (χ3v) is 9.28. The van der Waals surface area contributed by atoms with E-state index in [1.54, 1.807) is 19.1 Å². The molecule has 0 amide bonds. The predicted molar refractivity (Wildman–Crippen MR) is 110 cm³/mol. The van der Waals surface area contributed by atoms with Crippen molar-refractivity contribution in [3.05, 3.63) is 35.6 Å². The minimum Gasteiger partial charge on any atom is -0.430 e. The molecule has 1 aromatic rings. The number of aryl methyl sites for hydroxylation is 1. The largest absolute Gasteiger partial charge is 0.430 e. The first-order chi connectivity index (χ1) is 14.9. The van der Waals surface area contributed by atoms with Crippen molar-refractivity contribution in [2.75, 3.05) is 6.61 Å². The smallest absolute Gasteiger partial charge is 0.308 e. The van der Waals surface area contributed by atoms with Gasteiger partial charge in [-0.1, -0.05) is 26.0 Å². The maximum Gasteiger partial charge on any atom is 0.308 e. The summed E-state index contributed by atoms with van der Waals surface area (Å²) in [6.07, 6.45) is -0.856. The molecule has 5 fully saturated rings. The van der Waals surface area contributed by atoms with Crippen LogP contribution < -0.4 is 0 Å². The summed E-state index contributed by atoms with van der Waals surface area (Å²) in [5, 5.41) is 35.1. The van der Waals surface area contributed by atoms with Crippen molar-refractivity contribution in [2.24, 2.45) is 16.7 Å². The number of halogens is 1. The Balaban J connectivity index is 1.49. The number of hydrogen-bond acceptors (Lipinski definition) is 7. The van der Waals surface area contributed by atoms with Crippen molar-refractivity contribution in [3.8, 4) is 0 Å². The molecule has 7 nitrogen and oxygen atoms in total. The molecule has 3 saturated heterocycles. The number of benzene rings is 1. The maximum atomic E-state index is 13.1. The topological polar surface area (TPSA) is 105 Å². The Morgan fingerprint density at radius 3 is 2.62 bits per heavy atom. The lowest BCUT2D eigenvalue weighted by Crippen LogP contribution is -2.83. The molecular weight excluding hydrogens is 419 g/mol. The Hall–Kier alpha value is -1.58. The second-order valence-corrected chi connectivity index (χ2v) is 10.5. The molecule has 5 aliphatic rings. The van der Waals surface area contributed by atoms with Crippen LogP contribution in [0.25, 0.3) is 0 Å². The van der Waals surface area contributed by atoms with Gasteiger partial charge in [0, 0.05) is 18.3 Å². The minimum atomic E-state index is -1.78. The monoisotopic (exact) mass is 450 g/mol. The molecule has 3 heterocycles. The Morgan fingerprint density at radius 1 is 1.25 bits per heavy atom. The van der Waals surface area contributed by atoms with Gasteiger partial charge in [0.15, 0.2) is 6.29 Å². The second-order valence-electron chi connectivity index (χ2n) is 10.5. The van der Waals surface area contributed by atoms with Crippen molar-refractivity contribution in [2.45, 2.75) is 82.3 Å². The van der Waals surface area contributed by atoms with Crippen LogP contribution in [0.3, 0.4) is 0 Å². The van der Waals surface area contributed by atoms with E-state index in [-0.39, 0.29) is 31.2 Å². The molecule has 1 unspecified atom stereocenters. The molecule has 1 aromatic carbocycles. The number of ether oxygens (including phenoxy) is 3. The van der Waals surface area contributed by atoms with Crippen LogP contribution in [0, 0.1) is 22.6 Å². The molecule has 2 aliphatic carbocycles. The van der Waals surface area contributed by atoms with Crippen molar-refractivity contribution in [3.63, 3.8) is 0 Å². The average Bonchev–Trinajstić information content (AvgIpc) is 2.95. The predicted octanol–water partition coefficient (Wildman–Crippen LogP) is 2.05. The molecule has 176 valence electrons. The highest BCUT2D eigenvalue weighted by atomic mass is 19.1. The fraction of sp³-hybridized carbons (Fsp3) is 0.708. The Morgan fingerprint density at radius 2 is 1.94 bits per heavy atom. The van der Waals surface area contributed by atoms with Gasteiger partial charge in [-0.2, -0.15) is 0 Å². The number of esters is 1. The normalized spacial score (nSPS) is 49.0. The van der Waals surface area contributed by atoms with Gasteiger partial charge in [0.05, 0.1) is 17.6 Å². The van der Waals surface area contributed by atoms with E-state index in [1.807, 2.05) is 6.92 Å². The average molecular weight is 451 g/mol. The summed E-state index contributed by atoms with van der Waals surface area (Å²) in [7, 11) is 0. The zero-order chi connectivity index (χ0) is 23.2. The zero-order valence-corrected chi connectivity index (χ0v) is 18.6. The van der Waals surface area contributed by atoms with E-state index < -0.39 is 46.2 Å². The molecular formula is C24H31FO7. The second kappa shape index (κ2) is 6.73. The van der Waals surface area contributed by atoms with Crippen molar-refractivity contribution in [1.29, 1.82) is 0 Å². The van der Waals surface area contributed by atoms with Crippen molar-refractivity contribution < 1.29 is 38.7 Å². The summed E-state index contributed by atoms with van der Waals surface area (Å²) in [4.78, 5) is 13.0. The molecule has 1 spiro atoms. The van der Waals surface area contributed by atoms with Gasteiger partial charge < -0.3 is 29.5 Å². The summed E-state index contributed by atoms with van der Waals surface area (Å²) in [6, 6.07) is 5.88. The summed E-state index contributed by atoms with van der Waals surface area (Å²) < 4.78 is 30.9. The SMILES string of the molecule is C[C@@H]1CC[C@@]2(O)[C@]13C[C@@]1(OC(=O)CCc4ccc(F)cc4)OC(OC[C@@]2(C)[C@@]1(C)O)[C@@H]3O. The van der Waals surface area contributed by atoms with Crippen LogP contribution in [-0.2, 0) is 25.4 Å². The van der Waals surface area contributed by atoms with Crippen LogP contribution in [0.1, 0.15) is 52.0 Å². The van der Waals surface area contributed by atoms with E-state index >= 15 is 0 Å². The number of fused-ring (bicyclic) bond motifs is 1. The van der Waals surface area contributed by atoms with Gasteiger partial charge in [-0.05, 0) is 49.8 Å². The molecule has 32 heavy (non-hydrogen) atoms. The van der Waals surface area contributed by atoms with Gasteiger partial charge in [0.2, 0.25) is 5.79 Å². The molecule has 3 N–H and O–H groups in total. The Labute approximate surface area is 186 Å². The van der Waals surface area contributed by atoms with Gasteiger partial charge in [-0.25, -0.2) is 4.39 Å². The van der Waals surface area contributed by atoms with Gasteiger partial charge in [0.25, 0.3) is 0 Å². The quantitative estimate of drug-likeness (QED) is 0.603. The van der Waals surface area contributed by atoms with Crippen molar-refractivity contribution >= 4 is 5.97 Å². The highest BCUT2D eigenvalue weighted by Gasteiger charge is 2.86. The summed E-state index contributed by atoms with van der Waals surface area (Å²) in [6.45, 7) is 5.18. The lowest BCUT2D eigenvalue weighted by Gasteiger charge is -2.69. The first-order valence-corrected chi connectivity index (χ1v) is 11.3. The highest BCUT2D eigenvalue weighted by Crippen LogP contribution is 2.74. The summed E-state index contributed by atoms with van der Waals surface area (Å²) in [5.41, 5.74) is -4.69. The van der Waals surface area contributed by atoms with Crippen molar-refractivity contribution in [1.82, 2.24) is 0 Å². The summed E-state index contributed by atoms with van der Waals surface area (Å²) >= 11 is 0. The maximum absolute atomic E-state index is 13.1. The van der Waals surface area contributed by atoms with E-state index in [9.17, 15) is 24.5 Å². The molecule has 6 rings (SSSR count). The standard InChI is InChI=1S/C24H31FO7/c1-14-10-11-23(29)20(2)13-30-19-18(27)22(14,23)12-24(32-19,21(20,3)28)31-17(26)9-6-15-4-7-16(25)8-5-15/h4-5,7-8,14,18-19,27-29H,6,9-13H2,1-3H3/t14-,18+,19?,20+,21-,22-,23+,24-/m1/s1. The van der Waals surface area contributed by atoms with E-state index in [2.05, 4.69) is 0 Å². The third kappa shape index (κ3) is 2.45. The molecule has 0 aromatic heterocycles. The van der Waals surface area contributed by atoms with Crippen LogP contribution in [0.15, 0.2) is 24.3 Å². The lowest BCUT2D eigenvalue weighted by molar-refractivity contribution is -0.447. The minimum absolute atomic E-state index is 0.00440. The Kier molecular flexibility index (Phi) is 4.67. The first kappa shape index (κ1) is 22.2. The highest BCUT2D eigenvalue weighted by molar-refractivity contribution is 5.70. The number of carbonyl (C=O) groups excluding carboxylic acids is 1. The number of rotatable bonds is 4. The molecule has 2 saturated carbocycles. The fourth-order valence-corrected chi connectivity index (χ4v) is 7.03. The summed E-state index contributed by atoms with van der Waals surface area (Å²) in [5.74, 6) is -2.80. The van der Waals surface area contributed by atoms with Crippen LogP contribution >= 0.6 is 0 Å². The Bertz CT molecular complexity index is 935. The molecule has 8 atom stereocenters. The zero-order valence-electron chi connectivity index (χ0n) is 18.6. The fourth-order valence-electron chi connectivity index (χ4n) is 7.03. The number of aliphatic hydroxyl groups excluding tert-OH is 1. The number of carbonyl (C=O) groups is 1. The van der Waals surface area contributed by atoms with E-state index in [0.29, 0.717) is 19.3 Å². The molecule has 4 bridgehead atoms. The van der Waals surface area contributed by atoms with Crippen LogP contribution in [0.2, 0.25) is 0 Å². The van der Waals surface area contributed by atoms with E-state index in [1.165, 1.54) is 19.1 Å². The lowest BCUT2D eigenvalue weighted by atomic mass is 9.43. The van der Waals surface area contributed by atoms with E-state index in [0.717, 1.165) is 5.56 Å². The number of hydrogen-bond donors (Lipinski definition) is 3. The number of aliphatic hydroxyl groups is 3. The van der Waals surface area contributed by atoms with Gasteiger partial charge in [-0.3, -0.25) is 4.79 Å². The third-order valence-electron chi connectivity index (χ3n) is 9.28. The molecule has 0 radical (unpaired) electrons. The van der Waals surface area contributed by atoms with Crippen LogP contribution in [0.4, 0.5) is 4.39 Å². The van der Waals surface area contributed by atoms with Crippen LogP contribution in [-0.4, -0.2) is 57.3 Å². The van der Waals surface area contributed by atoms with E-state index in [4.69, 9.17) is 14.2 Å². The molecule has 3 aliphatic heterocycles. The first-order valence-electron chi connectivity index (χ1n) is 11.3. The van der Waals surface area contributed by atoms with Gasteiger partial charge in [-0.15, -0.1) is 0 Å².